The number of rotatable bonds is 2. The molecule has 0 saturated carbocycles. The molecule has 140 valence electrons. The van der Waals surface area contributed by atoms with Crippen molar-refractivity contribution >= 4 is 27.5 Å². The Morgan fingerprint density at radius 3 is 2.96 bits per heavy atom. The smallest absolute Gasteiger partial charge is 0.253 e. The Balaban J connectivity index is 1.30. The number of amides is 1. The molecule has 4 heterocycles. The number of carbonyl (C=O) groups is 1. The Labute approximate surface area is 161 Å². The van der Waals surface area contributed by atoms with Crippen LogP contribution in [0.3, 0.4) is 0 Å². The van der Waals surface area contributed by atoms with E-state index in [0.29, 0.717) is 25.6 Å². The summed E-state index contributed by atoms with van der Waals surface area (Å²) in [5.41, 5.74) is 3.48. The van der Waals surface area contributed by atoms with Crippen LogP contribution in [0.1, 0.15) is 40.8 Å². The Morgan fingerprint density at radius 2 is 2.07 bits per heavy atom. The van der Waals surface area contributed by atoms with E-state index in [1.807, 2.05) is 33.3 Å². The van der Waals surface area contributed by atoms with Crippen molar-refractivity contribution in [1.29, 1.82) is 0 Å². The summed E-state index contributed by atoms with van der Waals surface area (Å²) in [4.78, 5) is 23.9. The van der Waals surface area contributed by atoms with Crippen LogP contribution >= 0.6 is 11.3 Å². The molecule has 0 spiro atoms. The van der Waals surface area contributed by atoms with E-state index in [9.17, 15) is 4.79 Å². The second-order valence-corrected chi connectivity index (χ2v) is 7.96. The van der Waals surface area contributed by atoms with Crippen LogP contribution in [0.25, 0.3) is 10.2 Å². The second kappa shape index (κ2) is 7.01. The highest BCUT2D eigenvalue weighted by Crippen LogP contribution is 2.25. The van der Waals surface area contributed by atoms with E-state index in [2.05, 4.69) is 4.98 Å². The van der Waals surface area contributed by atoms with Crippen molar-refractivity contribution in [3.8, 4) is 0 Å². The van der Waals surface area contributed by atoms with Gasteiger partial charge in [-0.05, 0) is 31.0 Å². The van der Waals surface area contributed by atoms with Crippen LogP contribution in [0, 0.1) is 0 Å². The van der Waals surface area contributed by atoms with Gasteiger partial charge in [0.15, 0.2) is 5.82 Å². The van der Waals surface area contributed by atoms with Gasteiger partial charge in [0.2, 0.25) is 0 Å². The number of fused-ring (bicyclic) bond motifs is 2. The fourth-order valence-electron chi connectivity index (χ4n) is 3.82. The van der Waals surface area contributed by atoms with E-state index in [1.165, 1.54) is 0 Å². The van der Waals surface area contributed by atoms with Crippen molar-refractivity contribution in [3.63, 3.8) is 0 Å². The SMILES string of the molecule is O=C(c1ccc2ncsc2c1)N1CCc2nc(C3CCOCC3)nn2CC1. The topological polar surface area (TPSA) is 73.1 Å². The maximum atomic E-state index is 13.0. The normalized spacial score (nSPS) is 18.4. The first-order valence-electron chi connectivity index (χ1n) is 9.42. The molecular formula is C19H21N5O2S. The van der Waals surface area contributed by atoms with Gasteiger partial charge < -0.3 is 9.64 Å². The molecular weight excluding hydrogens is 362 g/mol. The van der Waals surface area contributed by atoms with Crippen molar-refractivity contribution in [1.82, 2.24) is 24.6 Å². The van der Waals surface area contributed by atoms with Gasteiger partial charge in [-0.1, -0.05) is 0 Å². The van der Waals surface area contributed by atoms with Gasteiger partial charge in [0.1, 0.15) is 5.82 Å². The Kier molecular flexibility index (Phi) is 4.37. The maximum Gasteiger partial charge on any atom is 0.253 e. The van der Waals surface area contributed by atoms with E-state index < -0.39 is 0 Å². The summed E-state index contributed by atoms with van der Waals surface area (Å²) in [6, 6.07) is 5.74. The molecule has 1 aromatic carbocycles. The summed E-state index contributed by atoms with van der Waals surface area (Å²) in [6.45, 7) is 3.61. The number of benzene rings is 1. The highest BCUT2D eigenvalue weighted by atomic mass is 32.1. The van der Waals surface area contributed by atoms with Gasteiger partial charge in [0, 0.05) is 44.2 Å². The average Bonchev–Trinajstić information content (AvgIpc) is 3.30. The molecule has 0 bridgehead atoms. The minimum Gasteiger partial charge on any atom is -0.381 e. The summed E-state index contributed by atoms with van der Waals surface area (Å²) >= 11 is 1.56. The van der Waals surface area contributed by atoms with Crippen LogP contribution in [-0.2, 0) is 17.7 Å². The van der Waals surface area contributed by atoms with Gasteiger partial charge in [-0.3, -0.25) is 4.79 Å². The lowest BCUT2D eigenvalue weighted by atomic mass is 10.00. The Bertz CT molecular complexity index is 950. The molecule has 2 aliphatic rings. The molecule has 0 unspecified atom stereocenters. The molecule has 27 heavy (non-hydrogen) atoms. The van der Waals surface area contributed by atoms with Gasteiger partial charge in [-0.25, -0.2) is 14.6 Å². The molecule has 0 aliphatic carbocycles. The minimum absolute atomic E-state index is 0.0701. The summed E-state index contributed by atoms with van der Waals surface area (Å²) in [5.74, 6) is 2.41. The number of thiazole rings is 1. The first kappa shape index (κ1) is 16.8. The molecule has 2 aromatic heterocycles. The maximum absolute atomic E-state index is 13.0. The molecule has 0 N–H and O–H groups in total. The Hall–Kier alpha value is -2.32. The number of ether oxygens (including phenoxy) is 1. The average molecular weight is 383 g/mol. The number of nitrogens with zero attached hydrogens (tertiary/aromatic N) is 5. The molecule has 2 aliphatic heterocycles. The van der Waals surface area contributed by atoms with Crippen LogP contribution in [-0.4, -0.2) is 56.9 Å². The lowest BCUT2D eigenvalue weighted by Gasteiger charge is -2.20. The molecule has 0 radical (unpaired) electrons. The fourth-order valence-corrected chi connectivity index (χ4v) is 4.54. The van der Waals surface area contributed by atoms with Crippen molar-refractivity contribution in [2.45, 2.75) is 31.7 Å². The van der Waals surface area contributed by atoms with E-state index in [4.69, 9.17) is 14.8 Å². The summed E-state index contributed by atoms with van der Waals surface area (Å²) in [6.07, 6.45) is 2.73. The van der Waals surface area contributed by atoms with Crippen molar-refractivity contribution < 1.29 is 9.53 Å². The first-order chi connectivity index (χ1) is 13.3. The van der Waals surface area contributed by atoms with E-state index >= 15 is 0 Å². The monoisotopic (exact) mass is 383 g/mol. The van der Waals surface area contributed by atoms with Gasteiger partial charge in [-0.2, -0.15) is 5.10 Å². The fraction of sp³-hybridized carbons (Fsp3) is 0.474. The van der Waals surface area contributed by atoms with Crippen molar-refractivity contribution in [3.05, 3.63) is 40.9 Å². The molecule has 1 amide bonds. The van der Waals surface area contributed by atoms with Gasteiger partial charge in [-0.15, -0.1) is 11.3 Å². The third-order valence-electron chi connectivity index (χ3n) is 5.40. The first-order valence-corrected chi connectivity index (χ1v) is 10.3. The largest absolute Gasteiger partial charge is 0.381 e. The summed E-state index contributed by atoms with van der Waals surface area (Å²) < 4.78 is 8.48. The number of hydrogen-bond acceptors (Lipinski definition) is 6. The molecule has 1 fully saturated rings. The van der Waals surface area contributed by atoms with Gasteiger partial charge in [0.25, 0.3) is 5.91 Å². The predicted molar refractivity (Wildman–Crippen MR) is 102 cm³/mol. The van der Waals surface area contributed by atoms with Crippen molar-refractivity contribution in [2.24, 2.45) is 0 Å². The van der Waals surface area contributed by atoms with Crippen LogP contribution in [0.2, 0.25) is 0 Å². The second-order valence-electron chi connectivity index (χ2n) is 7.07. The molecule has 0 atom stereocenters. The highest BCUT2D eigenvalue weighted by molar-refractivity contribution is 7.16. The van der Waals surface area contributed by atoms with E-state index in [1.54, 1.807) is 11.3 Å². The van der Waals surface area contributed by atoms with E-state index in [0.717, 1.165) is 59.9 Å². The van der Waals surface area contributed by atoms with Gasteiger partial charge >= 0.3 is 0 Å². The zero-order valence-electron chi connectivity index (χ0n) is 15.0. The Morgan fingerprint density at radius 1 is 1.19 bits per heavy atom. The molecule has 8 heteroatoms. The summed E-state index contributed by atoms with van der Waals surface area (Å²) in [5, 5.41) is 4.74. The molecule has 5 rings (SSSR count). The number of hydrogen-bond donors (Lipinski definition) is 0. The van der Waals surface area contributed by atoms with Crippen LogP contribution in [0.5, 0.6) is 0 Å². The highest BCUT2D eigenvalue weighted by Gasteiger charge is 2.25. The molecule has 1 saturated heterocycles. The standard InChI is InChI=1S/C19H21N5O2S/c25-19(14-1-2-15-16(11-14)27-12-20-15)23-6-3-17-21-18(22-24(17)8-7-23)13-4-9-26-10-5-13/h1-2,11-13H,3-10H2. The van der Waals surface area contributed by atoms with Crippen LogP contribution in [0.15, 0.2) is 23.7 Å². The third kappa shape index (κ3) is 3.23. The van der Waals surface area contributed by atoms with Crippen LogP contribution < -0.4 is 0 Å². The predicted octanol–water partition coefficient (Wildman–Crippen LogP) is 2.48. The zero-order valence-corrected chi connectivity index (χ0v) is 15.8. The van der Waals surface area contributed by atoms with Crippen LogP contribution in [0.4, 0.5) is 0 Å². The number of aromatic nitrogens is 4. The van der Waals surface area contributed by atoms with E-state index in [-0.39, 0.29) is 5.91 Å². The number of carbonyl (C=O) groups excluding carboxylic acids is 1. The third-order valence-corrected chi connectivity index (χ3v) is 6.20. The lowest BCUT2D eigenvalue weighted by molar-refractivity contribution is 0.0756. The summed E-state index contributed by atoms with van der Waals surface area (Å²) in [7, 11) is 0. The minimum atomic E-state index is 0.0701. The van der Waals surface area contributed by atoms with Crippen molar-refractivity contribution in [2.75, 3.05) is 26.3 Å². The van der Waals surface area contributed by atoms with Gasteiger partial charge in [0.05, 0.1) is 22.3 Å². The lowest BCUT2D eigenvalue weighted by Crippen LogP contribution is -2.33. The quantitative estimate of drug-likeness (QED) is 0.680. The molecule has 7 nitrogen and oxygen atoms in total. The zero-order chi connectivity index (χ0) is 18.2. The molecule has 3 aromatic rings.